The Morgan fingerprint density at radius 2 is 1.62 bits per heavy atom. The van der Waals surface area contributed by atoms with E-state index < -0.39 is 0 Å². The molecule has 6 heteroatoms. The Morgan fingerprint density at radius 3 is 2.41 bits per heavy atom. The van der Waals surface area contributed by atoms with E-state index in [-0.39, 0.29) is 0 Å². The van der Waals surface area contributed by atoms with Gasteiger partial charge in [-0.15, -0.1) is 10.2 Å². The van der Waals surface area contributed by atoms with Crippen LogP contribution in [0.3, 0.4) is 0 Å². The minimum atomic E-state index is 0.752. The van der Waals surface area contributed by atoms with Crippen LogP contribution in [0.4, 0.5) is 0 Å². The summed E-state index contributed by atoms with van der Waals surface area (Å²) < 4.78 is 13.0. The van der Waals surface area contributed by atoms with Crippen LogP contribution in [0.25, 0.3) is 17.1 Å². The van der Waals surface area contributed by atoms with Crippen molar-refractivity contribution in [2.75, 3.05) is 14.2 Å². The molecule has 0 aliphatic carbocycles. The number of benzene rings is 3. The highest BCUT2D eigenvalue weighted by Gasteiger charge is 2.18. The molecular weight excluding hydrogens is 382 g/mol. The first-order chi connectivity index (χ1) is 14.3. The third-order valence-corrected chi connectivity index (χ3v) is 5.50. The van der Waals surface area contributed by atoms with Gasteiger partial charge in [-0.25, -0.2) is 0 Å². The topological polar surface area (TPSA) is 49.2 Å². The molecule has 0 saturated heterocycles. The van der Waals surface area contributed by atoms with Crippen LogP contribution in [-0.4, -0.2) is 29.0 Å². The van der Waals surface area contributed by atoms with Crippen LogP contribution < -0.4 is 9.47 Å². The molecular formula is C23H21N3O2S. The molecule has 0 radical (unpaired) electrons. The van der Waals surface area contributed by atoms with Crippen LogP contribution in [0, 0.1) is 0 Å². The van der Waals surface area contributed by atoms with Crippen LogP contribution in [0.2, 0.25) is 0 Å². The Hall–Kier alpha value is -3.25. The van der Waals surface area contributed by atoms with Gasteiger partial charge < -0.3 is 9.47 Å². The molecule has 0 fully saturated rings. The minimum absolute atomic E-state index is 0.752. The van der Waals surface area contributed by atoms with Crippen molar-refractivity contribution in [3.8, 4) is 28.6 Å². The number of hydrogen-bond donors (Lipinski definition) is 0. The molecule has 0 spiro atoms. The first-order valence-corrected chi connectivity index (χ1v) is 10.2. The maximum Gasteiger partial charge on any atom is 0.196 e. The first-order valence-electron chi connectivity index (χ1n) is 9.20. The predicted molar refractivity (Wildman–Crippen MR) is 116 cm³/mol. The number of para-hydroxylation sites is 2. The van der Waals surface area contributed by atoms with Gasteiger partial charge in [-0.3, -0.25) is 4.57 Å². The molecule has 4 aromatic rings. The summed E-state index contributed by atoms with van der Waals surface area (Å²) in [6.45, 7) is 0. The van der Waals surface area contributed by atoms with Gasteiger partial charge in [-0.2, -0.15) is 0 Å². The Kier molecular flexibility index (Phi) is 5.81. The number of ether oxygens (including phenoxy) is 2. The number of hydrogen-bond acceptors (Lipinski definition) is 5. The summed E-state index contributed by atoms with van der Waals surface area (Å²) in [7, 11) is 3.35. The Balaban J connectivity index is 1.73. The lowest BCUT2D eigenvalue weighted by atomic mass is 10.2. The van der Waals surface area contributed by atoms with E-state index in [1.165, 1.54) is 0 Å². The van der Waals surface area contributed by atoms with Gasteiger partial charge in [0, 0.05) is 11.4 Å². The molecule has 1 heterocycles. The predicted octanol–water partition coefficient (Wildman–Crippen LogP) is 5.24. The lowest BCUT2D eigenvalue weighted by Crippen LogP contribution is -2.00. The van der Waals surface area contributed by atoms with Crippen molar-refractivity contribution >= 4 is 11.8 Å². The quantitative estimate of drug-likeness (QED) is 0.395. The van der Waals surface area contributed by atoms with Crippen molar-refractivity contribution in [3.05, 3.63) is 84.4 Å². The molecule has 0 bridgehead atoms. The molecule has 0 aliphatic rings. The molecule has 0 unspecified atom stereocenters. The van der Waals surface area contributed by atoms with Gasteiger partial charge in [0.1, 0.15) is 11.5 Å². The number of thioether (sulfide) groups is 1. The fourth-order valence-corrected chi connectivity index (χ4v) is 3.98. The summed E-state index contributed by atoms with van der Waals surface area (Å²) in [5, 5.41) is 9.82. The molecule has 29 heavy (non-hydrogen) atoms. The number of methoxy groups -OCH3 is 2. The Labute approximate surface area is 174 Å². The average molecular weight is 404 g/mol. The third kappa shape index (κ3) is 4.12. The van der Waals surface area contributed by atoms with E-state index in [1.807, 2.05) is 60.7 Å². The molecule has 0 amide bonds. The molecule has 0 aliphatic heterocycles. The van der Waals surface area contributed by atoms with E-state index in [9.17, 15) is 0 Å². The summed E-state index contributed by atoms with van der Waals surface area (Å²) in [5.74, 6) is 3.12. The molecule has 146 valence electrons. The van der Waals surface area contributed by atoms with Crippen LogP contribution in [0.1, 0.15) is 5.56 Å². The molecule has 0 N–H and O–H groups in total. The Morgan fingerprint density at radius 1 is 0.828 bits per heavy atom. The zero-order valence-corrected chi connectivity index (χ0v) is 17.1. The average Bonchev–Trinajstić information content (AvgIpc) is 3.22. The van der Waals surface area contributed by atoms with Gasteiger partial charge in [0.25, 0.3) is 0 Å². The summed E-state index contributed by atoms with van der Waals surface area (Å²) in [5.41, 5.74) is 3.07. The van der Waals surface area contributed by atoms with E-state index in [1.54, 1.807) is 26.0 Å². The summed E-state index contributed by atoms with van der Waals surface area (Å²) in [6, 6.07) is 26.1. The molecule has 0 saturated carbocycles. The van der Waals surface area contributed by atoms with E-state index in [2.05, 4.69) is 33.0 Å². The standard InChI is InChI=1S/C23H21N3O2S/c1-27-19-12-8-9-17(15-19)16-29-23-25-24-22(20-13-6-7-14-21(20)28-2)26(23)18-10-4-3-5-11-18/h3-15H,16H2,1-2H3. The highest BCUT2D eigenvalue weighted by atomic mass is 32.2. The largest absolute Gasteiger partial charge is 0.497 e. The molecule has 5 nitrogen and oxygen atoms in total. The van der Waals surface area contributed by atoms with Crippen molar-refractivity contribution in [3.63, 3.8) is 0 Å². The van der Waals surface area contributed by atoms with E-state index in [4.69, 9.17) is 9.47 Å². The SMILES string of the molecule is COc1cccc(CSc2nnc(-c3ccccc3OC)n2-c2ccccc2)c1. The maximum atomic E-state index is 5.55. The van der Waals surface area contributed by atoms with Crippen LogP contribution in [0.5, 0.6) is 11.5 Å². The van der Waals surface area contributed by atoms with Gasteiger partial charge in [0.15, 0.2) is 11.0 Å². The second-order valence-corrected chi connectivity index (χ2v) is 7.26. The van der Waals surface area contributed by atoms with Gasteiger partial charge in [0.05, 0.1) is 19.8 Å². The lowest BCUT2D eigenvalue weighted by Gasteiger charge is -2.12. The molecule has 1 aromatic heterocycles. The van der Waals surface area contributed by atoms with Gasteiger partial charge in [0.2, 0.25) is 0 Å². The zero-order valence-electron chi connectivity index (χ0n) is 16.3. The molecule has 0 atom stereocenters. The first kappa shape index (κ1) is 19.1. The highest BCUT2D eigenvalue weighted by molar-refractivity contribution is 7.98. The van der Waals surface area contributed by atoms with Crippen molar-refractivity contribution < 1.29 is 9.47 Å². The van der Waals surface area contributed by atoms with Crippen molar-refractivity contribution in [1.82, 2.24) is 14.8 Å². The zero-order chi connectivity index (χ0) is 20.1. The molecule has 4 rings (SSSR count). The normalized spacial score (nSPS) is 10.7. The van der Waals surface area contributed by atoms with E-state index in [0.29, 0.717) is 0 Å². The summed E-state index contributed by atoms with van der Waals surface area (Å²) >= 11 is 1.64. The fourth-order valence-electron chi connectivity index (χ4n) is 3.09. The van der Waals surface area contributed by atoms with Gasteiger partial charge >= 0.3 is 0 Å². The highest BCUT2D eigenvalue weighted by Crippen LogP contribution is 2.34. The van der Waals surface area contributed by atoms with Crippen molar-refractivity contribution in [1.29, 1.82) is 0 Å². The van der Waals surface area contributed by atoms with E-state index >= 15 is 0 Å². The number of aromatic nitrogens is 3. The second kappa shape index (κ2) is 8.84. The smallest absolute Gasteiger partial charge is 0.196 e. The lowest BCUT2D eigenvalue weighted by molar-refractivity contribution is 0.414. The van der Waals surface area contributed by atoms with Crippen LogP contribution in [0.15, 0.2) is 84.0 Å². The summed E-state index contributed by atoms with van der Waals surface area (Å²) in [6.07, 6.45) is 0. The van der Waals surface area contributed by atoms with Gasteiger partial charge in [-0.05, 0) is 42.0 Å². The second-order valence-electron chi connectivity index (χ2n) is 6.32. The Bertz CT molecular complexity index is 1100. The monoisotopic (exact) mass is 403 g/mol. The number of nitrogens with zero attached hydrogens (tertiary/aromatic N) is 3. The fraction of sp³-hybridized carbons (Fsp3) is 0.130. The van der Waals surface area contributed by atoms with Crippen molar-refractivity contribution in [2.24, 2.45) is 0 Å². The minimum Gasteiger partial charge on any atom is -0.497 e. The van der Waals surface area contributed by atoms with Crippen LogP contribution in [-0.2, 0) is 5.75 Å². The van der Waals surface area contributed by atoms with Crippen LogP contribution >= 0.6 is 11.8 Å². The third-order valence-electron chi connectivity index (χ3n) is 4.50. The number of rotatable bonds is 7. The van der Waals surface area contributed by atoms with Gasteiger partial charge in [-0.1, -0.05) is 54.2 Å². The maximum absolute atomic E-state index is 5.55. The van der Waals surface area contributed by atoms with Crippen molar-refractivity contribution in [2.45, 2.75) is 10.9 Å². The van der Waals surface area contributed by atoms with E-state index in [0.717, 1.165) is 45.0 Å². The summed E-state index contributed by atoms with van der Waals surface area (Å²) in [4.78, 5) is 0. The molecule has 3 aromatic carbocycles.